The fourth-order valence-electron chi connectivity index (χ4n) is 1.79. The number of phenolic OH excluding ortho intramolecular Hbond substituents is 1. The third-order valence-electron chi connectivity index (χ3n) is 2.82. The van der Waals surface area contributed by atoms with Crippen LogP contribution in [0.3, 0.4) is 0 Å². The van der Waals surface area contributed by atoms with Gasteiger partial charge in [-0.3, -0.25) is 4.79 Å². The third kappa shape index (κ3) is 4.05. The van der Waals surface area contributed by atoms with Gasteiger partial charge in [0.15, 0.2) is 6.61 Å². The molecule has 0 saturated carbocycles. The van der Waals surface area contributed by atoms with Gasteiger partial charge in [0.05, 0.1) is 0 Å². The summed E-state index contributed by atoms with van der Waals surface area (Å²) in [5, 5.41) is 12.0. The van der Waals surface area contributed by atoms with Crippen LogP contribution in [0.5, 0.6) is 5.75 Å². The maximum Gasteiger partial charge on any atom is 0.342 e. The van der Waals surface area contributed by atoms with E-state index in [1.54, 1.807) is 13.0 Å². The predicted octanol–water partition coefficient (Wildman–Crippen LogP) is 2.64. The van der Waals surface area contributed by atoms with Gasteiger partial charge in [-0.2, -0.15) is 0 Å². The molecule has 22 heavy (non-hydrogen) atoms. The second-order valence-corrected chi connectivity index (χ2v) is 4.66. The predicted molar refractivity (Wildman–Crippen MR) is 78.2 cm³/mol. The van der Waals surface area contributed by atoms with Crippen molar-refractivity contribution >= 4 is 17.6 Å². The Bertz CT molecular complexity index is 715. The second kappa shape index (κ2) is 6.71. The standard InChI is InChI=1S/C16H14FNO4/c1-10-5-6-13(14(19)7-10)16(21)22-9-15(20)18-12-4-2-3-11(17)8-12/h2-8,19H,9H2,1H3,(H,18,20). The number of phenols is 1. The molecule has 0 aliphatic carbocycles. The maximum absolute atomic E-state index is 13.0. The number of hydrogen-bond donors (Lipinski definition) is 2. The Balaban J connectivity index is 1.92. The van der Waals surface area contributed by atoms with Crippen LogP contribution in [0, 0.1) is 12.7 Å². The van der Waals surface area contributed by atoms with Crippen LogP contribution in [0.25, 0.3) is 0 Å². The van der Waals surface area contributed by atoms with Crippen molar-refractivity contribution < 1.29 is 23.8 Å². The molecular formula is C16H14FNO4. The van der Waals surface area contributed by atoms with E-state index in [9.17, 15) is 19.1 Å². The minimum Gasteiger partial charge on any atom is -0.507 e. The van der Waals surface area contributed by atoms with Crippen molar-refractivity contribution in [3.63, 3.8) is 0 Å². The fraction of sp³-hybridized carbons (Fsp3) is 0.125. The van der Waals surface area contributed by atoms with E-state index in [0.717, 1.165) is 11.6 Å². The lowest BCUT2D eigenvalue weighted by Crippen LogP contribution is -2.21. The molecule has 2 N–H and O–H groups in total. The van der Waals surface area contributed by atoms with Gasteiger partial charge in [-0.25, -0.2) is 9.18 Å². The molecule has 0 atom stereocenters. The van der Waals surface area contributed by atoms with Crippen LogP contribution in [-0.2, 0) is 9.53 Å². The van der Waals surface area contributed by atoms with Gasteiger partial charge >= 0.3 is 5.97 Å². The quantitative estimate of drug-likeness (QED) is 0.851. The summed E-state index contributed by atoms with van der Waals surface area (Å²) < 4.78 is 17.8. The average molecular weight is 303 g/mol. The van der Waals surface area contributed by atoms with Crippen molar-refractivity contribution in [2.75, 3.05) is 11.9 Å². The van der Waals surface area contributed by atoms with Crippen molar-refractivity contribution in [1.29, 1.82) is 0 Å². The molecule has 2 rings (SSSR count). The molecule has 0 aromatic heterocycles. The smallest absolute Gasteiger partial charge is 0.342 e. The molecule has 0 saturated heterocycles. The largest absolute Gasteiger partial charge is 0.507 e. The molecule has 5 nitrogen and oxygen atoms in total. The van der Waals surface area contributed by atoms with Crippen molar-refractivity contribution in [2.24, 2.45) is 0 Å². The Morgan fingerprint density at radius 1 is 1.23 bits per heavy atom. The van der Waals surface area contributed by atoms with E-state index in [0.29, 0.717) is 0 Å². The number of nitrogens with one attached hydrogen (secondary N) is 1. The summed E-state index contributed by atoms with van der Waals surface area (Å²) >= 11 is 0. The zero-order chi connectivity index (χ0) is 16.1. The summed E-state index contributed by atoms with van der Waals surface area (Å²) in [5.41, 5.74) is 1.03. The fourth-order valence-corrected chi connectivity index (χ4v) is 1.79. The number of hydrogen-bond acceptors (Lipinski definition) is 4. The lowest BCUT2D eigenvalue weighted by Gasteiger charge is -2.08. The van der Waals surface area contributed by atoms with Crippen LogP contribution in [0.4, 0.5) is 10.1 Å². The number of amides is 1. The molecule has 1 amide bonds. The molecular weight excluding hydrogens is 289 g/mol. The van der Waals surface area contributed by atoms with Gasteiger partial charge in [-0.1, -0.05) is 12.1 Å². The molecule has 0 unspecified atom stereocenters. The van der Waals surface area contributed by atoms with E-state index < -0.39 is 24.3 Å². The summed E-state index contributed by atoms with van der Waals surface area (Å²) in [6.07, 6.45) is 0. The molecule has 0 aliphatic heterocycles. The van der Waals surface area contributed by atoms with E-state index in [2.05, 4.69) is 5.32 Å². The van der Waals surface area contributed by atoms with Gasteiger partial charge < -0.3 is 15.2 Å². The second-order valence-electron chi connectivity index (χ2n) is 4.66. The maximum atomic E-state index is 13.0. The summed E-state index contributed by atoms with van der Waals surface area (Å²) in [6, 6.07) is 9.82. The molecule has 0 fully saturated rings. The van der Waals surface area contributed by atoms with Crippen LogP contribution in [-0.4, -0.2) is 23.6 Å². The van der Waals surface area contributed by atoms with Crippen molar-refractivity contribution in [3.8, 4) is 5.75 Å². The first kappa shape index (κ1) is 15.5. The van der Waals surface area contributed by atoms with E-state index in [-0.39, 0.29) is 17.0 Å². The Morgan fingerprint density at radius 2 is 2.00 bits per heavy atom. The van der Waals surface area contributed by atoms with Crippen molar-refractivity contribution in [2.45, 2.75) is 6.92 Å². The molecule has 114 valence electrons. The lowest BCUT2D eigenvalue weighted by molar-refractivity contribution is -0.119. The monoisotopic (exact) mass is 303 g/mol. The van der Waals surface area contributed by atoms with Crippen LogP contribution in [0.15, 0.2) is 42.5 Å². The van der Waals surface area contributed by atoms with Gasteiger partial charge in [-0.15, -0.1) is 0 Å². The number of carbonyl (C=O) groups is 2. The summed E-state index contributed by atoms with van der Waals surface area (Å²) in [4.78, 5) is 23.4. The normalized spacial score (nSPS) is 10.1. The number of benzene rings is 2. The Kier molecular flexibility index (Phi) is 4.73. The van der Waals surface area contributed by atoms with Crippen molar-refractivity contribution in [1.82, 2.24) is 0 Å². The first-order chi connectivity index (χ1) is 10.5. The van der Waals surface area contributed by atoms with Gasteiger partial charge in [-0.05, 0) is 42.8 Å². The van der Waals surface area contributed by atoms with Gasteiger partial charge in [0.25, 0.3) is 5.91 Å². The SMILES string of the molecule is Cc1ccc(C(=O)OCC(=O)Nc2cccc(F)c2)c(O)c1. The zero-order valence-electron chi connectivity index (χ0n) is 11.8. The lowest BCUT2D eigenvalue weighted by atomic mass is 10.1. The topological polar surface area (TPSA) is 75.6 Å². The molecule has 6 heteroatoms. The highest BCUT2D eigenvalue weighted by molar-refractivity contribution is 5.96. The Morgan fingerprint density at radius 3 is 2.68 bits per heavy atom. The molecule has 0 heterocycles. The molecule has 0 radical (unpaired) electrons. The van der Waals surface area contributed by atoms with Gasteiger partial charge in [0.2, 0.25) is 0 Å². The van der Waals surface area contributed by atoms with Crippen LogP contribution >= 0.6 is 0 Å². The van der Waals surface area contributed by atoms with Gasteiger partial charge in [0.1, 0.15) is 17.1 Å². The zero-order valence-corrected chi connectivity index (χ0v) is 11.8. The third-order valence-corrected chi connectivity index (χ3v) is 2.82. The number of rotatable bonds is 4. The number of ether oxygens (including phenoxy) is 1. The number of anilines is 1. The summed E-state index contributed by atoms with van der Waals surface area (Å²) in [7, 11) is 0. The molecule has 2 aromatic rings. The number of carbonyl (C=O) groups excluding carboxylic acids is 2. The molecule has 2 aromatic carbocycles. The van der Waals surface area contributed by atoms with E-state index in [4.69, 9.17) is 4.74 Å². The first-order valence-corrected chi connectivity index (χ1v) is 6.48. The Labute approximate surface area is 126 Å². The van der Waals surface area contributed by atoms with Crippen LogP contribution in [0.1, 0.15) is 15.9 Å². The minimum atomic E-state index is -0.813. The summed E-state index contributed by atoms with van der Waals surface area (Å²) in [6.45, 7) is 1.23. The summed E-state index contributed by atoms with van der Waals surface area (Å²) in [5.74, 6) is -2.12. The number of halogens is 1. The highest BCUT2D eigenvalue weighted by Gasteiger charge is 2.14. The van der Waals surface area contributed by atoms with Crippen molar-refractivity contribution in [3.05, 3.63) is 59.4 Å². The van der Waals surface area contributed by atoms with Gasteiger partial charge in [0, 0.05) is 5.69 Å². The Hall–Kier alpha value is -2.89. The molecule has 0 aliphatic rings. The molecule has 0 spiro atoms. The molecule has 0 bridgehead atoms. The van der Waals surface area contributed by atoms with Crippen LogP contribution in [0.2, 0.25) is 0 Å². The van der Waals surface area contributed by atoms with E-state index >= 15 is 0 Å². The van der Waals surface area contributed by atoms with E-state index in [1.807, 2.05) is 0 Å². The number of aryl methyl sites for hydroxylation is 1. The van der Waals surface area contributed by atoms with Crippen LogP contribution < -0.4 is 5.32 Å². The highest BCUT2D eigenvalue weighted by atomic mass is 19.1. The number of esters is 1. The minimum absolute atomic E-state index is 0.0239. The van der Waals surface area contributed by atoms with E-state index in [1.165, 1.54) is 30.3 Å². The average Bonchev–Trinajstić information content (AvgIpc) is 2.45. The first-order valence-electron chi connectivity index (χ1n) is 6.48. The highest BCUT2D eigenvalue weighted by Crippen LogP contribution is 2.19. The number of aromatic hydroxyl groups is 1.